The van der Waals surface area contributed by atoms with Gasteiger partial charge in [-0.1, -0.05) is 47.0 Å². The Hall–Kier alpha value is 0.0400. The van der Waals surface area contributed by atoms with Gasteiger partial charge in [0, 0.05) is 4.91 Å². The summed E-state index contributed by atoms with van der Waals surface area (Å²) in [5.41, 5.74) is 0.153. The average molecular weight is 373 g/mol. The first kappa shape index (κ1) is 16.4. The van der Waals surface area contributed by atoms with Crippen molar-refractivity contribution in [1.29, 1.82) is 10.5 Å². The minimum atomic E-state index is 0.153. The van der Waals surface area contributed by atoms with E-state index in [4.69, 9.17) is 10.5 Å². The molecule has 2 heterocycles. The van der Waals surface area contributed by atoms with E-state index < -0.39 is 0 Å². The van der Waals surface area contributed by atoms with Crippen molar-refractivity contribution in [1.82, 2.24) is 0 Å². The molecule has 0 aliphatic carbocycles. The van der Waals surface area contributed by atoms with Crippen LogP contribution in [0.1, 0.15) is 0 Å². The molecule has 0 fully saturated rings. The zero-order valence-corrected chi connectivity index (χ0v) is 15.4. The van der Waals surface area contributed by atoms with E-state index in [0.717, 1.165) is 9.14 Å². The second-order valence-electron chi connectivity index (χ2n) is 3.28. The zero-order chi connectivity index (χ0) is 14.5. The van der Waals surface area contributed by atoms with E-state index in [1.165, 1.54) is 12.7 Å². The number of hydrogen-bond acceptors (Lipinski definition) is 8. The number of rotatable bonds is 3. The van der Waals surface area contributed by atoms with Crippen molar-refractivity contribution in [3.8, 4) is 12.1 Å². The Morgan fingerprint density at radius 2 is 1.85 bits per heavy atom. The fraction of sp³-hybridized carbons (Fsp3) is 0.167. The molecule has 0 spiro atoms. The third-order valence-electron chi connectivity index (χ3n) is 2.11. The fourth-order valence-corrected chi connectivity index (χ4v) is 8.34. The molecule has 0 aromatic heterocycles. The molecule has 0 N–H and O–H groups in total. The minimum Gasteiger partial charge on any atom is -0.192 e. The molecule has 8 heteroatoms. The van der Waals surface area contributed by atoms with Crippen LogP contribution in [-0.2, 0) is 0 Å². The highest BCUT2D eigenvalue weighted by molar-refractivity contribution is 8.40. The first-order valence-corrected chi connectivity index (χ1v) is 11.0. The summed E-state index contributed by atoms with van der Waals surface area (Å²) in [6.07, 6.45) is 5.78. The third kappa shape index (κ3) is 3.82. The molecule has 20 heavy (non-hydrogen) atoms. The first-order valence-electron chi connectivity index (χ1n) is 5.20. The summed E-state index contributed by atoms with van der Waals surface area (Å²) < 4.78 is 4.99. The van der Waals surface area contributed by atoms with E-state index in [0.29, 0.717) is 0 Å². The van der Waals surface area contributed by atoms with Crippen LogP contribution in [0.3, 0.4) is 0 Å². The largest absolute Gasteiger partial charge is 0.192 e. The Labute approximate surface area is 144 Å². The van der Waals surface area contributed by atoms with Crippen molar-refractivity contribution in [3.63, 3.8) is 0 Å². The Bertz CT molecular complexity index is 613. The SMILES string of the molecule is CSC1=CS/C(=C2/SC(C=C(C#N)C#N)=C(SC)S2)S1. The number of nitrogens with zero attached hydrogens (tertiary/aromatic N) is 2. The Morgan fingerprint density at radius 3 is 2.40 bits per heavy atom. The maximum absolute atomic E-state index is 8.87. The van der Waals surface area contributed by atoms with Gasteiger partial charge >= 0.3 is 0 Å². The lowest BCUT2D eigenvalue weighted by Crippen LogP contribution is -1.75. The molecule has 0 radical (unpaired) electrons. The van der Waals surface area contributed by atoms with Gasteiger partial charge < -0.3 is 0 Å². The molecule has 0 aromatic carbocycles. The summed E-state index contributed by atoms with van der Waals surface area (Å²) in [6, 6.07) is 3.84. The molecule has 0 unspecified atom stereocenters. The summed E-state index contributed by atoms with van der Waals surface area (Å²) in [4.78, 5) is 1.00. The highest BCUT2D eigenvalue weighted by atomic mass is 32.2. The van der Waals surface area contributed by atoms with Crippen molar-refractivity contribution < 1.29 is 0 Å². The average Bonchev–Trinajstić information content (AvgIpc) is 3.10. The topological polar surface area (TPSA) is 47.6 Å². The molecule has 0 saturated carbocycles. The quantitative estimate of drug-likeness (QED) is 0.581. The second kappa shape index (κ2) is 7.88. The summed E-state index contributed by atoms with van der Waals surface area (Å²) in [5, 5.41) is 19.9. The van der Waals surface area contributed by atoms with Crippen LogP contribution in [0.4, 0.5) is 0 Å². The number of allylic oxidation sites excluding steroid dienone is 2. The van der Waals surface area contributed by atoms with Crippen molar-refractivity contribution in [3.05, 3.63) is 38.9 Å². The monoisotopic (exact) mass is 372 g/mol. The van der Waals surface area contributed by atoms with E-state index in [9.17, 15) is 0 Å². The van der Waals surface area contributed by atoms with E-state index in [1.54, 1.807) is 76.6 Å². The van der Waals surface area contributed by atoms with E-state index >= 15 is 0 Å². The summed E-state index contributed by atoms with van der Waals surface area (Å²) in [7, 11) is 0. The van der Waals surface area contributed by atoms with Crippen molar-refractivity contribution >= 4 is 70.6 Å². The maximum atomic E-state index is 8.87. The molecule has 0 amide bonds. The number of thioether (sulfide) groups is 6. The summed E-state index contributed by atoms with van der Waals surface area (Å²) in [5.74, 6) is 0. The molecule has 0 bridgehead atoms. The van der Waals surface area contributed by atoms with Crippen molar-refractivity contribution in [2.75, 3.05) is 12.5 Å². The summed E-state index contributed by atoms with van der Waals surface area (Å²) in [6.45, 7) is 0. The van der Waals surface area contributed by atoms with Crippen LogP contribution >= 0.6 is 70.6 Å². The number of hydrogen-bond donors (Lipinski definition) is 0. The summed E-state index contributed by atoms with van der Waals surface area (Å²) >= 11 is 10.3. The van der Waals surface area contributed by atoms with Gasteiger partial charge in [-0.3, -0.25) is 0 Å². The molecule has 2 aliphatic rings. The van der Waals surface area contributed by atoms with E-state index in [1.807, 2.05) is 18.4 Å². The molecule has 0 atom stereocenters. The van der Waals surface area contributed by atoms with Gasteiger partial charge in [-0.25, -0.2) is 0 Å². The molecule has 0 aromatic rings. The van der Waals surface area contributed by atoms with Gasteiger partial charge in [-0.05, 0) is 24.0 Å². The fourth-order valence-electron chi connectivity index (χ4n) is 1.25. The Kier molecular flexibility index (Phi) is 6.47. The van der Waals surface area contributed by atoms with Gasteiger partial charge in [-0.2, -0.15) is 10.5 Å². The smallest absolute Gasteiger partial charge is 0.130 e. The Morgan fingerprint density at radius 1 is 1.10 bits per heavy atom. The predicted molar refractivity (Wildman–Crippen MR) is 98.8 cm³/mol. The molecular weight excluding hydrogens is 365 g/mol. The Balaban J connectivity index is 2.21. The van der Waals surface area contributed by atoms with Gasteiger partial charge in [0.25, 0.3) is 0 Å². The normalized spacial score (nSPS) is 21.5. The first-order chi connectivity index (χ1) is 9.71. The van der Waals surface area contributed by atoms with Gasteiger partial charge in [0.05, 0.1) is 16.9 Å². The standard InChI is InChI=1S/C12H8N2S6/c1-15-9-6-17-11(19-9)12-18-8(10(16-2)20-12)3-7(4-13)5-14/h3,6H,1-2H3/b12-11+. The van der Waals surface area contributed by atoms with Crippen LogP contribution in [0, 0.1) is 22.7 Å². The van der Waals surface area contributed by atoms with Gasteiger partial charge in [-0.15, -0.1) is 23.5 Å². The van der Waals surface area contributed by atoms with Crippen molar-refractivity contribution in [2.45, 2.75) is 0 Å². The molecule has 2 nitrogen and oxygen atoms in total. The van der Waals surface area contributed by atoms with Gasteiger partial charge in [0.1, 0.15) is 17.7 Å². The van der Waals surface area contributed by atoms with Crippen LogP contribution in [0.25, 0.3) is 0 Å². The molecule has 0 saturated heterocycles. The minimum absolute atomic E-state index is 0.153. The maximum Gasteiger partial charge on any atom is 0.130 e. The van der Waals surface area contributed by atoms with Crippen LogP contribution in [0.2, 0.25) is 0 Å². The van der Waals surface area contributed by atoms with Crippen LogP contribution in [0.15, 0.2) is 38.9 Å². The highest BCUT2D eigenvalue weighted by Gasteiger charge is 2.25. The lowest BCUT2D eigenvalue weighted by atomic mass is 10.3. The zero-order valence-electron chi connectivity index (χ0n) is 10.5. The van der Waals surface area contributed by atoms with Crippen LogP contribution in [0.5, 0.6) is 0 Å². The van der Waals surface area contributed by atoms with Gasteiger partial charge in [0.2, 0.25) is 0 Å². The lowest BCUT2D eigenvalue weighted by molar-refractivity contribution is 1.46. The number of nitriles is 2. The van der Waals surface area contributed by atoms with Crippen LogP contribution < -0.4 is 0 Å². The molecule has 2 rings (SSSR count). The second-order valence-corrected chi connectivity index (χ2v) is 9.98. The van der Waals surface area contributed by atoms with Gasteiger partial charge in [0.15, 0.2) is 0 Å². The van der Waals surface area contributed by atoms with Crippen molar-refractivity contribution in [2.24, 2.45) is 0 Å². The van der Waals surface area contributed by atoms with E-state index in [2.05, 4.69) is 11.7 Å². The molecule has 102 valence electrons. The third-order valence-corrected chi connectivity index (χ3v) is 10.0. The molecular formula is C12H8N2S6. The molecule has 2 aliphatic heterocycles. The van der Waals surface area contributed by atoms with E-state index in [-0.39, 0.29) is 5.57 Å². The van der Waals surface area contributed by atoms with Crippen LogP contribution in [-0.4, -0.2) is 12.5 Å². The highest BCUT2D eigenvalue weighted by Crippen LogP contribution is 2.61. The predicted octanol–water partition coefficient (Wildman–Crippen LogP) is 5.74. The lowest BCUT2D eigenvalue weighted by Gasteiger charge is -2.01.